The number of fused-ring (bicyclic) bond motifs is 1. The van der Waals surface area contributed by atoms with Crippen LogP contribution in [0.5, 0.6) is 5.75 Å². The molecule has 3 rings (SSSR count). The van der Waals surface area contributed by atoms with Crippen LogP contribution >= 0.6 is 0 Å². The summed E-state index contributed by atoms with van der Waals surface area (Å²) in [5, 5.41) is 0. The molecule has 0 heterocycles. The van der Waals surface area contributed by atoms with E-state index in [1.807, 2.05) is 12.1 Å². The summed E-state index contributed by atoms with van der Waals surface area (Å²) in [7, 11) is 1.38. The number of rotatable bonds is 3. The molecule has 0 aliphatic heterocycles. The molecule has 0 spiro atoms. The molecule has 2 aromatic rings. The summed E-state index contributed by atoms with van der Waals surface area (Å²) < 4.78 is 10.8. The van der Waals surface area contributed by atoms with E-state index in [-0.39, 0.29) is 12.1 Å². The van der Waals surface area contributed by atoms with Crippen LogP contribution in [-0.2, 0) is 11.2 Å². The molecular weight excluding hydrogens is 264 g/mol. The fourth-order valence-corrected chi connectivity index (χ4v) is 2.78. The predicted molar refractivity (Wildman–Crippen MR) is 80.5 cm³/mol. The van der Waals surface area contributed by atoms with Crippen molar-refractivity contribution in [3.05, 3.63) is 65.2 Å². The molecule has 0 bridgehead atoms. The third-order valence-electron chi connectivity index (χ3n) is 3.87. The van der Waals surface area contributed by atoms with Crippen LogP contribution in [0.3, 0.4) is 0 Å². The average Bonchev–Trinajstić information content (AvgIpc) is 2.55. The number of esters is 1. The molecule has 2 aromatic carbocycles. The van der Waals surface area contributed by atoms with Gasteiger partial charge in [0.25, 0.3) is 0 Å². The van der Waals surface area contributed by atoms with Crippen molar-refractivity contribution in [2.75, 3.05) is 7.11 Å². The Balaban J connectivity index is 1.77. The van der Waals surface area contributed by atoms with Gasteiger partial charge >= 0.3 is 5.97 Å². The van der Waals surface area contributed by atoms with Crippen LogP contribution in [0.15, 0.2) is 48.5 Å². The minimum Gasteiger partial charge on any atom is -0.486 e. The molecule has 0 saturated heterocycles. The first-order valence-corrected chi connectivity index (χ1v) is 7.21. The largest absolute Gasteiger partial charge is 0.486 e. The molecule has 1 aliphatic rings. The van der Waals surface area contributed by atoms with Gasteiger partial charge < -0.3 is 9.47 Å². The zero-order valence-corrected chi connectivity index (χ0v) is 12.0. The molecule has 21 heavy (non-hydrogen) atoms. The summed E-state index contributed by atoms with van der Waals surface area (Å²) in [5.41, 5.74) is 3.19. The number of aryl methyl sites for hydroxylation is 1. The summed E-state index contributed by atoms with van der Waals surface area (Å²) in [6.45, 7) is 0. The second-order valence-corrected chi connectivity index (χ2v) is 5.21. The van der Waals surface area contributed by atoms with E-state index in [0.29, 0.717) is 5.56 Å². The lowest BCUT2D eigenvalue weighted by Crippen LogP contribution is -2.15. The summed E-state index contributed by atoms with van der Waals surface area (Å²) in [6, 6.07) is 15.6. The van der Waals surface area contributed by atoms with Gasteiger partial charge in [0.15, 0.2) is 0 Å². The molecule has 1 aliphatic carbocycles. The topological polar surface area (TPSA) is 35.5 Å². The minimum absolute atomic E-state index is 0.0962. The summed E-state index contributed by atoms with van der Waals surface area (Å²) in [4.78, 5) is 11.4. The maximum atomic E-state index is 11.4. The Morgan fingerprint density at radius 1 is 1.10 bits per heavy atom. The van der Waals surface area contributed by atoms with Gasteiger partial charge in [0.1, 0.15) is 11.9 Å². The Morgan fingerprint density at radius 3 is 2.62 bits per heavy atom. The van der Waals surface area contributed by atoms with E-state index < -0.39 is 0 Å². The molecule has 0 fully saturated rings. The lowest BCUT2D eigenvalue weighted by molar-refractivity contribution is 0.0600. The Morgan fingerprint density at radius 2 is 1.86 bits per heavy atom. The third kappa shape index (κ3) is 2.92. The number of methoxy groups -OCH3 is 1. The van der Waals surface area contributed by atoms with E-state index in [0.717, 1.165) is 25.0 Å². The maximum absolute atomic E-state index is 11.4. The van der Waals surface area contributed by atoms with Crippen molar-refractivity contribution in [2.45, 2.75) is 25.4 Å². The standard InChI is InChI=1S/C18H18O3/c1-20-18(19)14-9-11-15(12-10-14)21-17-8-4-6-13-5-2-3-7-16(13)17/h2-3,5,7,9-12,17H,4,6,8H2,1H3. The summed E-state index contributed by atoms with van der Waals surface area (Å²) in [6.07, 6.45) is 3.38. The molecule has 108 valence electrons. The zero-order chi connectivity index (χ0) is 14.7. The molecule has 0 N–H and O–H groups in total. The highest BCUT2D eigenvalue weighted by Gasteiger charge is 2.21. The van der Waals surface area contributed by atoms with Gasteiger partial charge in [0, 0.05) is 0 Å². The van der Waals surface area contributed by atoms with Crippen molar-refractivity contribution < 1.29 is 14.3 Å². The molecule has 0 amide bonds. The molecule has 0 saturated carbocycles. The third-order valence-corrected chi connectivity index (χ3v) is 3.87. The van der Waals surface area contributed by atoms with Crippen LogP contribution in [0.25, 0.3) is 0 Å². The smallest absolute Gasteiger partial charge is 0.337 e. The van der Waals surface area contributed by atoms with Crippen molar-refractivity contribution in [3.8, 4) is 5.75 Å². The second kappa shape index (κ2) is 6.00. The number of carbonyl (C=O) groups is 1. The number of hydrogen-bond donors (Lipinski definition) is 0. The number of benzene rings is 2. The van der Waals surface area contributed by atoms with Crippen LogP contribution < -0.4 is 4.74 Å². The van der Waals surface area contributed by atoms with Crippen molar-refractivity contribution in [1.82, 2.24) is 0 Å². The molecule has 1 atom stereocenters. The Labute approximate surface area is 124 Å². The van der Waals surface area contributed by atoms with E-state index in [1.54, 1.807) is 12.1 Å². The normalized spacial score (nSPS) is 16.9. The second-order valence-electron chi connectivity index (χ2n) is 5.21. The lowest BCUT2D eigenvalue weighted by atomic mass is 9.89. The lowest BCUT2D eigenvalue weighted by Gasteiger charge is -2.26. The van der Waals surface area contributed by atoms with Crippen molar-refractivity contribution in [3.63, 3.8) is 0 Å². The molecule has 0 radical (unpaired) electrons. The maximum Gasteiger partial charge on any atom is 0.337 e. The first-order valence-electron chi connectivity index (χ1n) is 7.21. The fourth-order valence-electron chi connectivity index (χ4n) is 2.78. The molecule has 0 aromatic heterocycles. The first kappa shape index (κ1) is 13.7. The highest BCUT2D eigenvalue weighted by Crippen LogP contribution is 2.33. The molecule has 3 heteroatoms. The van der Waals surface area contributed by atoms with Gasteiger partial charge in [-0.1, -0.05) is 24.3 Å². The number of ether oxygens (including phenoxy) is 2. The van der Waals surface area contributed by atoms with E-state index >= 15 is 0 Å². The summed E-state index contributed by atoms with van der Waals surface area (Å²) in [5.74, 6) is 0.453. The predicted octanol–water partition coefficient (Wildman–Crippen LogP) is 3.93. The van der Waals surface area contributed by atoms with Crippen molar-refractivity contribution in [1.29, 1.82) is 0 Å². The minimum atomic E-state index is -0.329. The highest BCUT2D eigenvalue weighted by molar-refractivity contribution is 5.89. The van der Waals surface area contributed by atoms with Gasteiger partial charge in [-0.2, -0.15) is 0 Å². The summed E-state index contributed by atoms with van der Waals surface area (Å²) >= 11 is 0. The van der Waals surface area contributed by atoms with E-state index in [4.69, 9.17) is 9.47 Å². The molecular formula is C18H18O3. The quantitative estimate of drug-likeness (QED) is 0.800. The van der Waals surface area contributed by atoms with Gasteiger partial charge in [-0.3, -0.25) is 0 Å². The van der Waals surface area contributed by atoms with Gasteiger partial charge in [-0.05, 0) is 54.7 Å². The average molecular weight is 282 g/mol. The van der Waals surface area contributed by atoms with Gasteiger partial charge in [-0.25, -0.2) is 4.79 Å². The zero-order valence-electron chi connectivity index (χ0n) is 12.0. The highest BCUT2D eigenvalue weighted by atomic mass is 16.5. The van der Waals surface area contributed by atoms with Crippen LogP contribution in [-0.4, -0.2) is 13.1 Å². The number of carbonyl (C=O) groups excluding carboxylic acids is 1. The van der Waals surface area contributed by atoms with Crippen molar-refractivity contribution >= 4 is 5.97 Å². The number of hydrogen-bond acceptors (Lipinski definition) is 3. The van der Waals surface area contributed by atoms with Gasteiger partial charge in [0.05, 0.1) is 12.7 Å². The monoisotopic (exact) mass is 282 g/mol. The molecule has 1 unspecified atom stereocenters. The Kier molecular flexibility index (Phi) is 3.91. The first-order chi connectivity index (χ1) is 10.3. The van der Waals surface area contributed by atoms with Crippen molar-refractivity contribution in [2.24, 2.45) is 0 Å². The van der Waals surface area contributed by atoms with Crippen LogP contribution in [0.1, 0.15) is 40.4 Å². The van der Waals surface area contributed by atoms with E-state index in [1.165, 1.54) is 18.2 Å². The Bertz CT molecular complexity index is 631. The van der Waals surface area contributed by atoms with Gasteiger partial charge in [0.2, 0.25) is 0 Å². The fraction of sp³-hybridized carbons (Fsp3) is 0.278. The van der Waals surface area contributed by atoms with Gasteiger partial charge in [-0.15, -0.1) is 0 Å². The molecule has 3 nitrogen and oxygen atoms in total. The van der Waals surface area contributed by atoms with E-state index in [9.17, 15) is 4.79 Å². The van der Waals surface area contributed by atoms with Crippen LogP contribution in [0.4, 0.5) is 0 Å². The Hall–Kier alpha value is -2.29. The van der Waals surface area contributed by atoms with E-state index in [2.05, 4.69) is 24.3 Å². The van der Waals surface area contributed by atoms with Crippen LogP contribution in [0, 0.1) is 0 Å². The SMILES string of the molecule is COC(=O)c1ccc(OC2CCCc3ccccc32)cc1. The van der Waals surface area contributed by atoms with Crippen LogP contribution in [0.2, 0.25) is 0 Å².